The molecular formula is C13H29N3. The second kappa shape index (κ2) is 7.25. The minimum absolute atomic E-state index is 0.677. The maximum Gasteiger partial charge on any atom is 0.00186 e. The summed E-state index contributed by atoms with van der Waals surface area (Å²) in [6.45, 7) is 8.03. The molecule has 2 N–H and O–H groups in total. The maximum atomic E-state index is 5.73. The first-order chi connectivity index (χ1) is 7.65. The van der Waals surface area contributed by atoms with Crippen LogP contribution < -0.4 is 5.73 Å². The lowest BCUT2D eigenvalue weighted by Crippen LogP contribution is -2.31. The molecule has 0 radical (unpaired) electrons. The summed E-state index contributed by atoms with van der Waals surface area (Å²) in [7, 11) is 4.46. The van der Waals surface area contributed by atoms with E-state index < -0.39 is 0 Å². The topological polar surface area (TPSA) is 32.5 Å². The number of hydrogen-bond donors (Lipinski definition) is 1. The van der Waals surface area contributed by atoms with Crippen LogP contribution in [-0.4, -0.2) is 56.6 Å². The molecule has 1 rings (SSSR count). The summed E-state index contributed by atoms with van der Waals surface area (Å²) in [5.74, 6) is 1.60. The monoisotopic (exact) mass is 227 g/mol. The van der Waals surface area contributed by atoms with Crippen LogP contribution in [0.1, 0.15) is 26.2 Å². The highest BCUT2D eigenvalue weighted by atomic mass is 15.1. The van der Waals surface area contributed by atoms with Crippen molar-refractivity contribution < 1.29 is 0 Å². The molecule has 0 aromatic rings. The molecule has 1 aliphatic heterocycles. The summed E-state index contributed by atoms with van der Waals surface area (Å²) in [5.41, 5.74) is 5.73. The lowest BCUT2D eigenvalue weighted by Gasteiger charge is -2.23. The van der Waals surface area contributed by atoms with Gasteiger partial charge in [-0.1, -0.05) is 13.3 Å². The molecule has 0 amide bonds. The summed E-state index contributed by atoms with van der Waals surface area (Å²) in [6.07, 6.45) is 3.94. The Balaban J connectivity index is 2.12. The molecule has 96 valence electrons. The number of hydrogen-bond acceptors (Lipinski definition) is 3. The van der Waals surface area contributed by atoms with Gasteiger partial charge in [0.05, 0.1) is 0 Å². The van der Waals surface area contributed by atoms with Crippen LogP contribution in [0.4, 0.5) is 0 Å². The van der Waals surface area contributed by atoms with E-state index >= 15 is 0 Å². The Kier molecular flexibility index (Phi) is 6.32. The average molecular weight is 227 g/mol. The summed E-state index contributed by atoms with van der Waals surface area (Å²) in [4.78, 5) is 4.90. The van der Waals surface area contributed by atoms with Gasteiger partial charge in [0.1, 0.15) is 0 Å². The fourth-order valence-corrected chi connectivity index (χ4v) is 2.57. The molecule has 1 heterocycles. The van der Waals surface area contributed by atoms with Gasteiger partial charge in [0.15, 0.2) is 0 Å². The predicted octanol–water partition coefficient (Wildman–Crippen LogP) is 1.24. The van der Waals surface area contributed by atoms with Gasteiger partial charge < -0.3 is 15.5 Å². The Morgan fingerprint density at radius 3 is 2.75 bits per heavy atom. The normalized spacial score (nSPS) is 24.2. The van der Waals surface area contributed by atoms with Crippen LogP contribution in [0, 0.1) is 11.8 Å². The smallest absolute Gasteiger partial charge is 0.00186 e. The van der Waals surface area contributed by atoms with Crippen LogP contribution in [0.15, 0.2) is 0 Å². The molecule has 1 saturated heterocycles. The zero-order valence-electron chi connectivity index (χ0n) is 11.3. The van der Waals surface area contributed by atoms with Gasteiger partial charge in [-0.05, 0) is 58.4 Å². The quantitative estimate of drug-likeness (QED) is 0.710. The summed E-state index contributed by atoms with van der Waals surface area (Å²) >= 11 is 0. The van der Waals surface area contributed by atoms with E-state index in [1.165, 1.54) is 38.9 Å². The van der Waals surface area contributed by atoms with Crippen LogP contribution in [0.25, 0.3) is 0 Å². The van der Waals surface area contributed by atoms with Gasteiger partial charge in [-0.25, -0.2) is 0 Å². The van der Waals surface area contributed by atoms with Crippen LogP contribution in [0.5, 0.6) is 0 Å². The Labute approximate surface area is 101 Å². The average Bonchev–Trinajstić information content (AvgIpc) is 2.69. The van der Waals surface area contributed by atoms with E-state index in [0.29, 0.717) is 5.92 Å². The lowest BCUT2D eigenvalue weighted by atomic mass is 10.0. The van der Waals surface area contributed by atoms with Gasteiger partial charge in [0, 0.05) is 13.1 Å². The molecule has 0 aliphatic carbocycles. The second-order valence-electron chi connectivity index (χ2n) is 5.48. The highest BCUT2D eigenvalue weighted by Crippen LogP contribution is 2.18. The molecular weight excluding hydrogens is 198 g/mol. The van der Waals surface area contributed by atoms with Crippen molar-refractivity contribution in [2.24, 2.45) is 17.6 Å². The van der Waals surface area contributed by atoms with E-state index in [9.17, 15) is 0 Å². The van der Waals surface area contributed by atoms with Gasteiger partial charge in [0.25, 0.3) is 0 Å². The molecule has 1 aliphatic rings. The SMILES string of the molecule is CCC(CN)CN(C)CCC1CCN(C)C1. The molecule has 0 aromatic carbocycles. The number of likely N-dealkylation sites (tertiary alicyclic amines) is 1. The molecule has 1 fully saturated rings. The van der Waals surface area contributed by atoms with Gasteiger partial charge >= 0.3 is 0 Å². The fraction of sp³-hybridized carbons (Fsp3) is 1.00. The van der Waals surface area contributed by atoms with Crippen LogP contribution in [-0.2, 0) is 0 Å². The molecule has 16 heavy (non-hydrogen) atoms. The van der Waals surface area contributed by atoms with Crippen LogP contribution in [0.3, 0.4) is 0 Å². The van der Waals surface area contributed by atoms with Crippen molar-refractivity contribution in [2.75, 3.05) is 46.8 Å². The van der Waals surface area contributed by atoms with E-state index in [1.807, 2.05) is 0 Å². The first kappa shape index (κ1) is 13.9. The summed E-state index contributed by atoms with van der Waals surface area (Å²) in [5, 5.41) is 0. The highest BCUT2D eigenvalue weighted by molar-refractivity contribution is 4.74. The molecule has 0 saturated carbocycles. The third-order valence-electron chi connectivity index (χ3n) is 3.89. The Hall–Kier alpha value is -0.120. The second-order valence-corrected chi connectivity index (χ2v) is 5.48. The van der Waals surface area contributed by atoms with E-state index in [-0.39, 0.29) is 0 Å². The fourth-order valence-electron chi connectivity index (χ4n) is 2.57. The Bertz CT molecular complexity index is 180. The van der Waals surface area contributed by atoms with Crippen molar-refractivity contribution in [2.45, 2.75) is 26.2 Å². The molecule has 3 heteroatoms. The van der Waals surface area contributed by atoms with Crippen molar-refractivity contribution in [3.63, 3.8) is 0 Å². The molecule has 0 bridgehead atoms. The third kappa shape index (κ3) is 4.81. The van der Waals surface area contributed by atoms with Gasteiger partial charge in [-0.15, -0.1) is 0 Å². The van der Waals surface area contributed by atoms with Gasteiger partial charge in [-0.2, -0.15) is 0 Å². The first-order valence-electron chi connectivity index (χ1n) is 6.72. The Morgan fingerprint density at radius 1 is 1.50 bits per heavy atom. The van der Waals surface area contributed by atoms with Gasteiger partial charge in [0.2, 0.25) is 0 Å². The van der Waals surface area contributed by atoms with E-state index in [1.54, 1.807) is 0 Å². The molecule has 2 unspecified atom stereocenters. The van der Waals surface area contributed by atoms with E-state index in [0.717, 1.165) is 19.0 Å². The highest BCUT2D eigenvalue weighted by Gasteiger charge is 2.19. The van der Waals surface area contributed by atoms with Gasteiger partial charge in [-0.3, -0.25) is 0 Å². The minimum Gasteiger partial charge on any atom is -0.330 e. The van der Waals surface area contributed by atoms with Crippen LogP contribution in [0.2, 0.25) is 0 Å². The number of nitrogens with two attached hydrogens (primary N) is 1. The van der Waals surface area contributed by atoms with Crippen molar-refractivity contribution in [3.05, 3.63) is 0 Å². The zero-order valence-corrected chi connectivity index (χ0v) is 11.3. The van der Waals surface area contributed by atoms with Crippen molar-refractivity contribution >= 4 is 0 Å². The van der Waals surface area contributed by atoms with E-state index in [2.05, 4.69) is 30.8 Å². The minimum atomic E-state index is 0.677. The first-order valence-corrected chi connectivity index (χ1v) is 6.72. The van der Waals surface area contributed by atoms with E-state index in [4.69, 9.17) is 5.73 Å². The molecule has 0 spiro atoms. The Morgan fingerprint density at radius 2 is 2.25 bits per heavy atom. The summed E-state index contributed by atoms with van der Waals surface area (Å²) < 4.78 is 0. The predicted molar refractivity (Wildman–Crippen MR) is 70.6 cm³/mol. The molecule has 0 aromatic heterocycles. The largest absolute Gasteiger partial charge is 0.330 e. The lowest BCUT2D eigenvalue weighted by molar-refractivity contribution is 0.254. The summed E-state index contributed by atoms with van der Waals surface area (Å²) in [6, 6.07) is 0. The number of rotatable bonds is 7. The zero-order chi connectivity index (χ0) is 12.0. The third-order valence-corrected chi connectivity index (χ3v) is 3.89. The standard InChI is InChI=1S/C13H29N3/c1-4-12(9-14)10-15(2)7-5-13-6-8-16(3)11-13/h12-13H,4-11,14H2,1-3H3. The molecule has 2 atom stereocenters. The van der Waals surface area contributed by atoms with Crippen molar-refractivity contribution in [1.82, 2.24) is 9.80 Å². The van der Waals surface area contributed by atoms with Crippen LogP contribution >= 0.6 is 0 Å². The molecule has 3 nitrogen and oxygen atoms in total. The maximum absolute atomic E-state index is 5.73. The van der Waals surface area contributed by atoms with Crippen molar-refractivity contribution in [3.8, 4) is 0 Å². The number of nitrogens with zero attached hydrogens (tertiary/aromatic N) is 2. The van der Waals surface area contributed by atoms with Crippen molar-refractivity contribution in [1.29, 1.82) is 0 Å².